The first-order chi connectivity index (χ1) is 13.2. The van der Waals surface area contributed by atoms with E-state index in [4.69, 9.17) is 4.74 Å². The number of morpholine rings is 1. The molecule has 150 valence electrons. The molecule has 2 unspecified atom stereocenters. The summed E-state index contributed by atoms with van der Waals surface area (Å²) in [5.74, 6) is 3.59. The second kappa shape index (κ2) is 10.9. The lowest BCUT2D eigenvalue weighted by Gasteiger charge is -2.30. The van der Waals surface area contributed by atoms with Crippen LogP contribution in [0.3, 0.4) is 0 Å². The van der Waals surface area contributed by atoms with Crippen molar-refractivity contribution in [2.45, 2.75) is 18.2 Å². The molecule has 2 atom stereocenters. The largest absolute Gasteiger partial charge is 0.379 e. The van der Waals surface area contributed by atoms with E-state index in [2.05, 4.69) is 57.4 Å². The molecule has 5 nitrogen and oxygen atoms in total. The maximum Gasteiger partial charge on any atom is 0.193 e. The molecule has 1 aromatic carbocycles. The fourth-order valence-corrected chi connectivity index (χ4v) is 4.83. The first kappa shape index (κ1) is 20.5. The summed E-state index contributed by atoms with van der Waals surface area (Å²) >= 11 is 1.97. The number of aliphatic imine (C=N–C) groups is 1. The van der Waals surface area contributed by atoms with Crippen molar-refractivity contribution in [3.8, 4) is 0 Å². The van der Waals surface area contributed by atoms with Crippen LogP contribution in [-0.2, 0) is 4.74 Å². The number of likely N-dealkylation sites (tertiary alicyclic amines) is 1. The molecule has 0 bridgehead atoms. The summed E-state index contributed by atoms with van der Waals surface area (Å²) in [4.78, 5) is 10.8. The molecule has 2 saturated heterocycles. The van der Waals surface area contributed by atoms with Crippen LogP contribution in [0.2, 0.25) is 0 Å². The molecule has 2 aliphatic rings. The van der Waals surface area contributed by atoms with Gasteiger partial charge in [0.25, 0.3) is 0 Å². The van der Waals surface area contributed by atoms with Gasteiger partial charge in [-0.3, -0.25) is 9.89 Å². The number of benzene rings is 1. The molecule has 0 radical (unpaired) electrons. The average Bonchev–Trinajstić information content (AvgIpc) is 3.17. The minimum Gasteiger partial charge on any atom is -0.379 e. The van der Waals surface area contributed by atoms with Gasteiger partial charge in [0.2, 0.25) is 0 Å². The van der Waals surface area contributed by atoms with Gasteiger partial charge in [-0.25, -0.2) is 0 Å². The van der Waals surface area contributed by atoms with Gasteiger partial charge in [0.05, 0.1) is 13.2 Å². The van der Waals surface area contributed by atoms with Gasteiger partial charge in [0.1, 0.15) is 0 Å². The van der Waals surface area contributed by atoms with Crippen molar-refractivity contribution in [2.24, 2.45) is 16.8 Å². The van der Waals surface area contributed by atoms with Gasteiger partial charge in [-0.05, 0) is 30.4 Å². The Kier molecular flexibility index (Phi) is 8.30. The Hall–Kier alpha value is -1.24. The number of ether oxygens (including phenoxy) is 1. The van der Waals surface area contributed by atoms with Crippen LogP contribution < -0.4 is 5.32 Å². The highest BCUT2D eigenvalue weighted by atomic mass is 32.2. The highest BCUT2D eigenvalue weighted by molar-refractivity contribution is 7.99. The lowest BCUT2D eigenvalue weighted by molar-refractivity contribution is 0.0320. The summed E-state index contributed by atoms with van der Waals surface area (Å²) in [6.07, 6.45) is 1.25. The fourth-order valence-electron chi connectivity index (χ4n) is 3.78. The highest BCUT2D eigenvalue weighted by Crippen LogP contribution is 2.25. The predicted molar refractivity (Wildman–Crippen MR) is 115 cm³/mol. The molecule has 6 heteroatoms. The van der Waals surface area contributed by atoms with Crippen molar-refractivity contribution in [1.82, 2.24) is 15.1 Å². The molecule has 2 aliphatic heterocycles. The summed E-state index contributed by atoms with van der Waals surface area (Å²) in [6, 6.07) is 10.7. The van der Waals surface area contributed by atoms with Gasteiger partial charge in [-0.15, -0.1) is 11.8 Å². The van der Waals surface area contributed by atoms with E-state index in [1.807, 2.05) is 18.8 Å². The second-order valence-electron chi connectivity index (χ2n) is 7.67. The Morgan fingerprint density at radius 1 is 1.26 bits per heavy atom. The molecule has 2 fully saturated rings. The van der Waals surface area contributed by atoms with Gasteiger partial charge in [-0.2, -0.15) is 0 Å². The van der Waals surface area contributed by atoms with Crippen LogP contribution in [0.5, 0.6) is 0 Å². The number of rotatable bonds is 7. The van der Waals surface area contributed by atoms with E-state index in [0.717, 1.165) is 64.4 Å². The number of hydrogen-bond acceptors (Lipinski definition) is 4. The summed E-state index contributed by atoms with van der Waals surface area (Å²) in [5.41, 5.74) is 0. The van der Waals surface area contributed by atoms with Crippen molar-refractivity contribution >= 4 is 17.7 Å². The maximum atomic E-state index is 5.44. The van der Waals surface area contributed by atoms with E-state index in [-0.39, 0.29) is 0 Å². The molecule has 27 heavy (non-hydrogen) atoms. The molecule has 1 N–H and O–H groups in total. The van der Waals surface area contributed by atoms with Gasteiger partial charge >= 0.3 is 0 Å². The summed E-state index contributed by atoms with van der Waals surface area (Å²) < 4.78 is 5.44. The summed E-state index contributed by atoms with van der Waals surface area (Å²) in [5, 5.41) is 3.61. The average molecular weight is 391 g/mol. The number of nitrogens with one attached hydrogen (secondary N) is 1. The molecule has 0 amide bonds. The van der Waals surface area contributed by atoms with Gasteiger partial charge < -0.3 is 15.0 Å². The maximum absolute atomic E-state index is 5.44. The number of nitrogens with zero attached hydrogens (tertiary/aromatic N) is 3. The third kappa shape index (κ3) is 6.70. The summed E-state index contributed by atoms with van der Waals surface area (Å²) in [6.45, 7) is 10.5. The van der Waals surface area contributed by atoms with E-state index in [9.17, 15) is 0 Å². The van der Waals surface area contributed by atoms with Crippen molar-refractivity contribution in [1.29, 1.82) is 0 Å². The lowest BCUT2D eigenvalue weighted by atomic mass is 10.1. The van der Waals surface area contributed by atoms with Crippen LogP contribution in [0.4, 0.5) is 0 Å². The minimum absolute atomic E-state index is 0.604. The highest BCUT2D eigenvalue weighted by Gasteiger charge is 2.25. The van der Waals surface area contributed by atoms with Crippen molar-refractivity contribution in [3.05, 3.63) is 30.3 Å². The zero-order valence-corrected chi connectivity index (χ0v) is 17.6. The van der Waals surface area contributed by atoms with E-state index in [0.29, 0.717) is 5.92 Å². The predicted octanol–water partition coefficient (Wildman–Crippen LogP) is 2.64. The van der Waals surface area contributed by atoms with Crippen LogP contribution in [0, 0.1) is 11.8 Å². The normalized spacial score (nSPS) is 22.8. The van der Waals surface area contributed by atoms with Crippen molar-refractivity contribution in [2.75, 3.05) is 65.3 Å². The first-order valence-corrected chi connectivity index (χ1v) is 11.2. The molecule has 2 heterocycles. The second-order valence-corrected chi connectivity index (χ2v) is 8.76. The van der Waals surface area contributed by atoms with Gasteiger partial charge in [0, 0.05) is 57.0 Å². The van der Waals surface area contributed by atoms with Crippen LogP contribution in [0.1, 0.15) is 13.3 Å². The Bertz CT molecular complexity index is 577. The first-order valence-electron chi connectivity index (χ1n) is 10.2. The third-order valence-electron chi connectivity index (χ3n) is 5.31. The fraction of sp³-hybridized carbons (Fsp3) is 0.667. The molecule has 0 saturated carbocycles. The van der Waals surface area contributed by atoms with E-state index in [1.54, 1.807) is 0 Å². The molecular weight excluding hydrogens is 356 g/mol. The zero-order chi connectivity index (χ0) is 18.9. The Morgan fingerprint density at radius 2 is 2.04 bits per heavy atom. The van der Waals surface area contributed by atoms with E-state index in [1.165, 1.54) is 17.1 Å². The molecule has 1 aromatic rings. The molecule has 3 rings (SSSR count). The topological polar surface area (TPSA) is 40.1 Å². The monoisotopic (exact) mass is 390 g/mol. The molecule has 0 aliphatic carbocycles. The summed E-state index contributed by atoms with van der Waals surface area (Å²) in [7, 11) is 1.90. The molecular formula is C21H34N4OS. The van der Waals surface area contributed by atoms with Crippen LogP contribution in [0.15, 0.2) is 40.2 Å². The standard InChI is InChI=1S/C21H34N4OS/c1-18(15-24-10-12-26-13-11-24)14-23-21(22-2)25-9-8-19(16-25)17-27-20-6-4-3-5-7-20/h3-7,18-19H,8-17H2,1-2H3,(H,22,23). The quantitative estimate of drug-likeness (QED) is 0.440. The van der Waals surface area contributed by atoms with Crippen molar-refractivity contribution < 1.29 is 4.74 Å². The molecule has 0 aromatic heterocycles. The number of thioether (sulfide) groups is 1. The number of guanidine groups is 1. The van der Waals surface area contributed by atoms with Gasteiger partial charge in [-0.1, -0.05) is 25.1 Å². The van der Waals surface area contributed by atoms with Crippen LogP contribution >= 0.6 is 11.8 Å². The zero-order valence-electron chi connectivity index (χ0n) is 16.8. The smallest absolute Gasteiger partial charge is 0.193 e. The number of hydrogen-bond donors (Lipinski definition) is 1. The molecule has 0 spiro atoms. The van der Waals surface area contributed by atoms with Crippen LogP contribution in [0.25, 0.3) is 0 Å². The van der Waals surface area contributed by atoms with E-state index < -0.39 is 0 Å². The third-order valence-corrected chi connectivity index (χ3v) is 6.55. The Labute approximate surface area is 168 Å². The minimum atomic E-state index is 0.604. The Morgan fingerprint density at radius 3 is 2.78 bits per heavy atom. The van der Waals surface area contributed by atoms with Crippen molar-refractivity contribution in [3.63, 3.8) is 0 Å². The van der Waals surface area contributed by atoms with Gasteiger partial charge in [0.15, 0.2) is 5.96 Å². The lowest BCUT2D eigenvalue weighted by Crippen LogP contribution is -2.45. The SMILES string of the molecule is CN=C(NCC(C)CN1CCOCC1)N1CCC(CSc2ccccc2)C1. The van der Waals surface area contributed by atoms with E-state index >= 15 is 0 Å². The Balaban J connectivity index is 1.37. The van der Waals surface area contributed by atoms with Crippen LogP contribution in [-0.4, -0.2) is 81.0 Å².